The number of ether oxygens (including phenoxy) is 1. The van der Waals surface area contributed by atoms with Crippen LogP contribution in [-0.4, -0.2) is 35.1 Å². The van der Waals surface area contributed by atoms with E-state index in [9.17, 15) is 10.2 Å². The zero-order valence-electron chi connectivity index (χ0n) is 31.9. The number of aliphatic hydroxyl groups excluding tert-OH is 2. The van der Waals surface area contributed by atoms with Gasteiger partial charge in [0.05, 0.1) is 5.75 Å². The minimum absolute atomic E-state index is 0. The van der Waals surface area contributed by atoms with E-state index in [0.29, 0.717) is 0 Å². The SMILES string of the molecule is CC1(C)c2ccccc2Oc2cc[c-]c(-c3ccc(-c4ccccc4)cn3)c21.OC(CC(O)c1ncc(-c2ccccc2)cn1)c1ncc(-c2ccccc2)cn1.[Ir]. The van der Waals surface area contributed by atoms with Crippen molar-refractivity contribution in [3.05, 3.63) is 199 Å². The molecule has 1 radical (unpaired) electrons. The Balaban J connectivity index is 0.000000174. The quantitative estimate of drug-likeness (QED) is 0.145. The van der Waals surface area contributed by atoms with E-state index in [0.717, 1.165) is 56.1 Å². The van der Waals surface area contributed by atoms with Gasteiger partial charge in [-0.25, -0.2) is 19.9 Å². The number of pyridine rings is 1. The summed E-state index contributed by atoms with van der Waals surface area (Å²) in [5.74, 6) is 2.31. The number of aromatic nitrogens is 5. The predicted molar refractivity (Wildman–Crippen MR) is 222 cm³/mol. The van der Waals surface area contributed by atoms with Crippen molar-refractivity contribution >= 4 is 0 Å². The van der Waals surface area contributed by atoms with Crippen molar-refractivity contribution in [3.63, 3.8) is 0 Å². The Hall–Kier alpha value is -6.22. The Morgan fingerprint density at radius 2 is 0.983 bits per heavy atom. The van der Waals surface area contributed by atoms with Crippen LogP contribution in [0.4, 0.5) is 0 Å². The Morgan fingerprint density at radius 1 is 0.517 bits per heavy atom. The molecule has 0 aliphatic carbocycles. The van der Waals surface area contributed by atoms with Crippen LogP contribution < -0.4 is 4.74 Å². The van der Waals surface area contributed by atoms with Crippen LogP contribution in [0, 0.1) is 6.07 Å². The third-order valence-corrected chi connectivity index (χ3v) is 10.1. The van der Waals surface area contributed by atoms with Crippen molar-refractivity contribution in [2.75, 3.05) is 0 Å². The Morgan fingerprint density at radius 3 is 1.48 bits per heavy atom. The molecule has 58 heavy (non-hydrogen) atoms. The first-order valence-corrected chi connectivity index (χ1v) is 18.8. The number of nitrogens with zero attached hydrogens (tertiary/aromatic N) is 5. The summed E-state index contributed by atoms with van der Waals surface area (Å²) >= 11 is 0. The van der Waals surface area contributed by atoms with Gasteiger partial charge in [-0.1, -0.05) is 141 Å². The number of fused-ring (bicyclic) bond motifs is 2. The third kappa shape index (κ3) is 8.69. The van der Waals surface area contributed by atoms with Crippen molar-refractivity contribution in [1.29, 1.82) is 0 Å². The van der Waals surface area contributed by atoms with Gasteiger partial charge in [-0.05, 0) is 45.0 Å². The minimum Gasteiger partial charge on any atom is -0.476 e. The number of aliphatic hydroxyl groups is 2. The van der Waals surface area contributed by atoms with E-state index in [4.69, 9.17) is 9.72 Å². The summed E-state index contributed by atoms with van der Waals surface area (Å²) in [4.78, 5) is 21.7. The molecular weight excluding hydrogens is 899 g/mol. The van der Waals surface area contributed by atoms with Gasteiger partial charge < -0.3 is 19.9 Å². The molecule has 0 saturated heterocycles. The maximum absolute atomic E-state index is 10.4. The third-order valence-electron chi connectivity index (χ3n) is 10.1. The van der Waals surface area contributed by atoms with E-state index >= 15 is 0 Å². The fraction of sp³-hybridized carbons (Fsp3) is 0.122. The zero-order valence-corrected chi connectivity index (χ0v) is 34.3. The van der Waals surface area contributed by atoms with Gasteiger partial charge in [-0.15, -0.1) is 23.8 Å². The standard InChI is InChI=1S/C26H20NO.C23H20N4O2.Ir/c1-26(2)21-12-6-7-13-23(21)28-24-14-8-11-20(25(24)26)22-16-15-19(17-27-22)18-9-4-3-5-10-18;28-20(22-24-12-18(13-25-22)16-7-3-1-4-8-16)11-21(29)23-26-14-19(15-27-23)17-9-5-2-6-10-17;/h3-10,12-17H,1-2H3;1-10,12-15,20-21,28-29H,11H2;/q-1;;. The molecule has 2 atom stereocenters. The first-order chi connectivity index (χ1) is 27.8. The Kier molecular flexibility index (Phi) is 12.4. The molecule has 1 aliphatic heterocycles. The van der Waals surface area contributed by atoms with E-state index in [1.54, 1.807) is 24.8 Å². The predicted octanol–water partition coefficient (Wildman–Crippen LogP) is 10.4. The molecule has 9 heteroatoms. The second kappa shape index (κ2) is 17.9. The maximum atomic E-state index is 10.4. The van der Waals surface area contributed by atoms with Crippen molar-refractivity contribution < 1.29 is 35.1 Å². The van der Waals surface area contributed by atoms with Gasteiger partial charge in [-0.3, -0.25) is 0 Å². The molecule has 3 aromatic heterocycles. The summed E-state index contributed by atoms with van der Waals surface area (Å²) in [6.45, 7) is 4.48. The summed E-state index contributed by atoms with van der Waals surface area (Å²) in [6.07, 6.45) is 6.56. The summed E-state index contributed by atoms with van der Waals surface area (Å²) in [5, 5.41) is 20.8. The molecule has 5 aromatic carbocycles. The number of rotatable bonds is 8. The first kappa shape index (κ1) is 40.0. The van der Waals surface area contributed by atoms with Crippen LogP contribution in [0.15, 0.2) is 171 Å². The molecule has 8 nitrogen and oxygen atoms in total. The molecule has 0 amide bonds. The fourth-order valence-electron chi connectivity index (χ4n) is 7.06. The van der Waals surface area contributed by atoms with Gasteiger partial charge in [0.2, 0.25) is 0 Å². The van der Waals surface area contributed by atoms with Crippen LogP contribution in [0.2, 0.25) is 0 Å². The van der Waals surface area contributed by atoms with Gasteiger partial charge in [0, 0.05) is 68.6 Å². The van der Waals surface area contributed by atoms with Crippen molar-refractivity contribution in [3.8, 4) is 56.1 Å². The van der Waals surface area contributed by atoms with Crippen LogP contribution in [0.1, 0.15) is 55.3 Å². The fourth-order valence-corrected chi connectivity index (χ4v) is 7.06. The Labute approximate surface area is 351 Å². The molecule has 0 spiro atoms. The minimum atomic E-state index is -1.02. The Bertz CT molecular complexity index is 2470. The molecule has 0 saturated carbocycles. The number of hydrogen-bond acceptors (Lipinski definition) is 8. The summed E-state index contributed by atoms with van der Waals surface area (Å²) in [5.41, 5.74) is 10.0. The van der Waals surface area contributed by atoms with Crippen LogP contribution in [0.25, 0.3) is 44.6 Å². The average molecular weight is 939 g/mol. The molecular formula is C49H40IrN5O3-. The average Bonchev–Trinajstić information content (AvgIpc) is 3.27. The van der Waals surface area contributed by atoms with Crippen LogP contribution in [0.3, 0.4) is 0 Å². The van der Waals surface area contributed by atoms with Gasteiger partial charge in [0.25, 0.3) is 0 Å². The van der Waals surface area contributed by atoms with Crippen LogP contribution >= 0.6 is 0 Å². The first-order valence-electron chi connectivity index (χ1n) is 18.8. The molecule has 0 bridgehead atoms. The molecule has 8 aromatic rings. The smallest absolute Gasteiger partial charge is 0.156 e. The molecule has 2 unspecified atom stereocenters. The summed E-state index contributed by atoms with van der Waals surface area (Å²) in [7, 11) is 0. The molecule has 0 fully saturated rings. The number of hydrogen-bond donors (Lipinski definition) is 2. The van der Waals surface area contributed by atoms with E-state index in [1.165, 1.54) is 11.1 Å². The van der Waals surface area contributed by atoms with Crippen LogP contribution in [-0.2, 0) is 25.5 Å². The number of para-hydroxylation sites is 1. The normalized spacial score (nSPS) is 13.2. The second-order valence-corrected chi connectivity index (χ2v) is 14.3. The van der Waals surface area contributed by atoms with Gasteiger partial charge in [-0.2, -0.15) is 0 Å². The topological polar surface area (TPSA) is 114 Å². The molecule has 289 valence electrons. The van der Waals surface area contributed by atoms with Gasteiger partial charge >= 0.3 is 0 Å². The maximum Gasteiger partial charge on any atom is 0.156 e. The van der Waals surface area contributed by atoms with Crippen LogP contribution in [0.5, 0.6) is 11.5 Å². The molecule has 2 N–H and O–H groups in total. The largest absolute Gasteiger partial charge is 0.476 e. The zero-order chi connectivity index (χ0) is 39.2. The monoisotopic (exact) mass is 939 g/mol. The van der Waals surface area contributed by atoms with Crippen molar-refractivity contribution in [2.45, 2.75) is 37.9 Å². The van der Waals surface area contributed by atoms with Crippen molar-refractivity contribution in [1.82, 2.24) is 24.9 Å². The molecule has 9 rings (SSSR count). The molecule has 4 heterocycles. The van der Waals surface area contributed by atoms with E-state index in [2.05, 4.69) is 76.2 Å². The van der Waals surface area contributed by atoms with Crippen molar-refractivity contribution in [2.24, 2.45) is 0 Å². The summed E-state index contributed by atoms with van der Waals surface area (Å²) < 4.78 is 6.22. The van der Waals surface area contributed by atoms with E-state index < -0.39 is 12.2 Å². The van der Waals surface area contributed by atoms with E-state index in [-0.39, 0.29) is 43.6 Å². The number of benzene rings is 5. The summed E-state index contributed by atoms with van der Waals surface area (Å²) in [6, 6.07) is 49.6. The van der Waals surface area contributed by atoms with Gasteiger partial charge in [0.15, 0.2) is 11.6 Å². The second-order valence-electron chi connectivity index (χ2n) is 14.3. The van der Waals surface area contributed by atoms with E-state index in [1.807, 2.05) is 109 Å². The molecule has 1 aliphatic rings. The van der Waals surface area contributed by atoms with Gasteiger partial charge in [0.1, 0.15) is 18.0 Å².